The van der Waals surface area contributed by atoms with Gasteiger partial charge in [0.05, 0.1) is 19.9 Å². The molecule has 0 bridgehead atoms. The quantitative estimate of drug-likeness (QED) is 0.631. The molecule has 29 heavy (non-hydrogen) atoms. The summed E-state index contributed by atoms with van der Waals surface area (Å²) >= 11 is 0. The number of anilines is 1. The topological polar surface area (TPSA) is 86.9 Å². The van der Waals surface area contributed by atoms with E-state index in [-0.39, 0.29) is 12.5 Å². The first-order chi connectivity index (χ1) is 14.1. The maximum absolute atomic E-state index is 12.2. The molecule has 0 aliphatic carbocycles. The predicted molar refractivity (Wildman–Crippen MR) is 106 cm³/mol. The van der Waals surface area contributed by atoms with Crippen molar-refractivity contribution in [1.29, 1.82) is 0 Å². The Bertz CT molecular complexity index is 1020. The van der Waals surface area contributed by atoms with Crippen molar-refractivity contribution in [1.82, 2.24) is 10.1 Å². The summed E-state index contributed by atoms with van der Waals surface area (Å²) in [7, 11) is 3.16. The average Bonchev–Trinajstić information content (AvgIpc) is 3.25. The zero-order chi connectivity index (χ0) is 20.4. The van der Waals surface area contributed by atoms with Crippen LogP contribution < -0.4 is 19.1 Å². The molecule has 1 aliphatic rings. The number of rotatable bonds is 6. The number of nitrogens with zero attached hydrogens (tertiary/aromatic N) is 3. The molecular weight excluding hydrogens is 374 g/mol. The van der Waals surface area contributed by atoms with Crippen molar-refractivity contribution in [3.63, 3.8) is 0 Å². The monoisotopic (exact) mass is 395 g/mol. The van der Waals surface area contributed by atoms with Crippen LogP contribution in [0.15, 0.2) is 40.9 Å². The predicted octanol–water partition coefficient (Wildman–Crippen LogP) is 3.56. The molecule has 150 valence electrons. The Morgan fingerprint density at radius 2 is 1.83 bits per heavy atom. The van der Waals surface area contributed by atoms with Crippen LogP contribution in [0, 0.1) is 0 Å². The highest BCUT2D eigenvalue weighted by atomic mass is 16.5. The zero-order valence-electron chi connectivity index (χ0n) is 16.5. The molecule has 3 aromatic rings. The molecule has 0 spiro atoms. The van der Waals surface area contributed by atoms with E-state index in [4.69, 9.17) is 18.7 Å². The third-order valence-corrected chi connectivity index (χ3v) is 4.63. The number of hydrogen-bond acceptors (Lipinski definition) is 7. The van der Waals surface area contributed by atoms with Gasteiger partial charge in [-0.05, 0) is 36.8 Å². The first-order valence-electron chi connectivity index (χ1n) is 9.27. The van der Waals surface area contributed by atoms with Gasteiger partial charge in [-0.2, -0.15) is 4.98 Å². The van der Waals surface area contributed by atoms with Gasteiger partial charge in [0.15, 0.2) is 6.61 Å². The van der Waals surface area contributed by atoms with Gasteiger partial charge in [-0.3, -0.25) is 4.79 Å². The second-order valence-electron chi connectivity index (χ2n) is 6.54. The van der Waals surface area contributed by atoms with Gasteiger partial charge in [0.2, 0.25) is 5.82 Å². The van der Waals surface area contributed by atoms with Crippen molar-refractivity contribution < 1.29 is 23.5 Å². The van der Waals surface area contributed by atoms with Crippen molar-refractivity contribution in [3.8, 4) is 40.1 Å². The number of ether oxygens (including phenoxy) is 3. The number of hydrogen-bond donors (Lipinski definition) is 0. The van der Waals surface area contributed by atoms with Gasteiger partial charge >= 0.3 is 0 Å². The highest BCUT2D eigenvalue weighted by Gasteiger charge is 2.26. The minimum atomic E-state index is -0.0613. The van der Waals surface area contributed by atoms with Crippen molar-refractivity contribution in [2.45, 2.75) is 13.3 Å². The van der Waals surface area contributed by atoms with Gasteiger partial charge in [-0.1, -0.05) is 12.1 Å². The SMILES string of the molecule is CCCN1C(=O)COc2ccc(-c3noc(-c4cc(OC)cc(OC)c4)n3)cc21. The van der Waals surface area contributed by atoms with Crippen LogP contribution in [0.5, 0.6) is 17.2 Å². The average molecular weight is 395 g/mol. The van der Waals surface area contributed by atoms with E-state index in [0.29, 0.717) is 41.1 Å². The molecule has 0 atom stereocenters. The lowest BCUT2D eigenvalue weighted by molar-refractivity contribution is -0.121. The molecule has 1 aromatic heterocycles. The molecular formula is C21H21N3O5. The second-order valence-corrected chi connectivity index (χ2v) is 6.54. The molecule has 8 heteroatoms. The Morgan fingerprint density at radius 3 is 2.52 bits per heavy atom. The summed E-state index contributed by atoms with van der Waals surface area (Å²) in [5.74, 6) is 2.61. The van der Waals surface area contributed by atoms with Gasteiger partial charge < -0.3 is 23.6 Å². The number of benzene rings is 2. The lowest BCUT2D eigenvalue weighted by Crippen LogP contribution is -2.39. The highest BCUT2D eigenvalue weighted by Crippen LogP contribution is 2.36. The largest absolute Gasteiger partial charge is 0.497 e. The standard InChI is InChI=1S/C21H21N3O5/c1-4-7-24-17-10-13(5-6-18(17)28-12-19(24)25)20-22-21(29-23-20)14-8-15(26-2)11-16(9-14)27-3/h5-6,8-11H,4,7,12H2,1-3H3. The molecule has 0 unspecified atom stereocenters. The third-order valence-electron chi connectivity index (χ3n) is 4.63. The van der Waals surface area contributed by atoms with Crippen molar-refractivity contribution in [2.75, 3.05) is 32.3 Å². The molecule has 0 N–H and O–H groups in total. The van der Waals surface area contributed by atoms with E-state index in [2.05, 4.69) is 10.1 Å². The summed E-state index contributed by atoms with van der Waals surface area (Å²) < 4.78 is 21.6. The number of carbonyl (C=O) groups is 1. The third kappa shape index (κ3) is 3.61. The molecule has 4 rings (SSSR count). The molecule has 0 radical (unpaired) electrons. The zero-order valence-corrected chi connectivity index (χ0v) is 16.5. The fraction of sp³-hybridized carbons (Fsp3) is 0.286. The summed E-state index contributed by atoms with van der Waals surface area (Å²) in [6.07, 6.45) is 0.847. The molecule has 0 saturated heterocycles. The van der Waals surface area contributed by atoms with Crippen LogP contribution in [0.3, 0.4) is 0 Å². The molecule has 0 saturated carbocycles. The number of fused-ring (bicyclic) bond motifs is 1. The summed E-state index contributed by atoms with van der Waals surface area (Å²) in [5, 5.41) is 4.10. The Morgan fingerprint density at radius 1 is 1.07 bits per heavy atom. The summed E-state index contributed by atoms with van der Waals surface area (Å²) in [5.41, 5.74) is 2.13. The van der Waals surface area contributed by atoms with Crippen LogP contribution in [0.2, 0.25) is 0 Å². The molecule has 2 heterocycles. The molecule has 1 amide bonds. The first-order valence-corrected chi connectivity index (χ1v) is 9.27. The maximum Gasteiger partial charge on any atom is 0.265 e. The summed E-state index contributed by atoms with van der Waals surface area (Å²) in [6.45, 7) is 2.70. The lowest BCUT2D eigenvalue weighted by Gasteiger charge is -2.29. The van der Waals surface area contributed by atoms with Gasteiger partial charge in [0, 0.05) is 23.7 Å². The van der Waals surface area contributed by atoms with Crippen LogP contribution >= 0.6 is 0 Å². The van der Waals surface area contributed by atoms with Gasteiger partial charge in [-0.15, -0.1) is 0 Å². The van der Waals surface area contributed by atoms with E-state index in [1.54, 1.807) is 37.3 Å². The van der Waals surface area contributed by atoms with E-state index in [0.717, 1.165) is 17.7 Å². The fourth-order valence-corrected chi connectivity index (χ4v) is 3.20. The minimum Gasteiger partial charge on any atom is -0.497 e. The van der Waals surface area contributed by atoms with E-state index >= 15 is 0 Å². The maximum atomic E-state index is 12.2. The van der Waals surface area contributed by atoms with Crippen LogP contribution in [0.1, 0.15) is 13.3 Å². The highest BCUT2D eigenvalue weighted by molar-refractivity contribution is 5.98. The van der Waals surface area contributed by atoms with E-state index in [1.165, 1.54) is 0 Å². The molecule has 8 nitrogen and oxygen atoms in total. The second kappa shape index (κ2) is 7.83. The number of carbonyl (C=O) groups excluding carboxylic acids is 1. The number of aromatic nitrogens is 2. The number of amides is 1. The molecule has 0 fully saturated rings. The Balaban J connectivity index is 1.70. The Labute approximate surface area is 168 Å². The lowest BCUT2D eigenvalue weighted by atomic mass is 10.1. The van der Waals surface area contributed by atoms with Crippen LogP contribution in [0.4, 0.5) is 5.69 Å². The van der Waals surface area contributed by atoms with Crippen LogP contribution in [0.25, 0.3) is 22.8 Å². The Kier molecular flexibility index (Phi) is 5.07. The summed E-state index contributed by atoms with van der Waals surface area (Å²) in [6, 6.07) is 10.9. The molecule has 2 aromatic carbocycles. The van der Waals surface area contributed by atoms with Gasteiger partial charge in [-0.25, -0.2) is 0 Å². The van der Waals surface area contributed by atoms with Gasteiger partial charge in [0.1, 0.15) is 17.2 Å². The Hall–Kier alpha value is -3.55. The number of methoxy groups -OCH3 is 2. The van der Waals surface area contributed by atoms with E-state index in [1.807, 2.05) is 25.1 Å². The van der Waals surface area contributed by atoms with Crippen molar-refractivity contribution >= 4 is 11.6 Å². The normalized spacial score (nSPS) is 13.1. The fourth-order valence-electron chi connectivity index (χ4n) is 3.20. The molecule has 1 aliphatic heterocycles. The summed E-state index contributed by atoms with van der Waals surface area (Å²) in [4.78, 5) is 18.5. The van der Waals surface area contributed by atoms with E-state index in [9.17, 15) is 4.79 Å². The van der Waals surface area contributed by atoms with Crippen LogP contribution in [-0.4, -0.2) is 43.4 Å². The van der Waals surface area contributed by atoms with Gasteiger partial charge in [0.25, 0.3) is 11.8 Å². The van der Waals surface area contributed by atoms with Crippen LogP contribution in [-0.2, 0) is 4.79 Å². The van der Waals surface area contributed by atoms with E-state index < -0.39 is 0 Å². The van der Waals surface area contributed by atoms with Crippen molar-refractivity contribution in [3.05, 3.63) is 36.4 Å². The minimum absolute atomic E-state index is 0.0520. The first kappa shape index (κ1) is 18.8. The van der Waals surface area contributed by atoms with Crippen molar-refractivity contribution in [2.24, 2.45) is 0 Å². The smallest absolute Gasteiger partial charge is 0.265 e.